The van der Waals surface area contributed by atoms with E-state index in [2.05, 4.69) is 15.0 Å². The summed E-state index contributed by atoms with van der Waals surface area (Å²) in [6, 6.07) is 9.37. The predicted molar refractivity (Wildman–Crippen MR) is 75.6 cm³/mol. The van der Waals surface area contributed by atoms with Crippen molar-refractivity contribution in [2.75, 3.05) is 7.11 Å². The van der Waals surface area contributed by atoms with Crippen molar-refractivity contribution in [1.82, 2.24) is 15.0 Å². The van der Waals surface area contributed by atoms with Crippen molar-refractivity contribution in [2.24, 2.45) is 0 Å². The van der Waals surface area contributed by atoms with E-state index in [1.165, 1.54) is 0 Å². The fraction of sp³-hybridized carbons (Fsp3) is 0.143. The van der Waals surface area contributed by atoms with Gasteiger partial charge in [0.05, 0.1) is 18.2 Å². The second-order valence-corrected chi connectivity index (χ2v) is 4.69. The summed E-state index contributed by atoms with van der Waals surface area (Å²) < 4.78 is 5.34. The molecule has 19 heavy (non-hydrogen) atoms. The number of ether oxygens (including phenoxy) is 1. The number of halogens is 1. The molecule has 2 heterocycles. The summed E-state index contributed by atoms with van der Waals surface area (Å²) in [5.74, 6) is 1.41. The van der Waals surface area contributed by atoms with Crippen LogP contribution in [0.15, 0.2) is 30.3 Å². The zero-order valence-electron chi connectivity index (χ0n) is 10.6. The number of pyridine rings is 1. The molecule has 0 spiro atoms. The highest BCUT2D eigenvalue weighted by molar-refractivity contribution is 6.30. The maximum absolute atomic E-state index is 5.96. The van der Waals surface area contributed by atoms with Crippen LogP contribution in [0.5, 0.6) is 5.75 Å². The minimum absolute atomic E-state index is 0.630. The number of nitrogens with one attached hydrogen (secondary N) is 1. The smallest absolute Gasteiger partial charge is 0.178 e. The number of nitrogens with zero attached hydrogens (tertiary/aromatic N) is 2. The summed E-state index contributed by atoms with van der Waals surface area (Å²) >= 11 is 5.96. The molecule has 5 heteroatoms. The summed E-state index contributed by atoms with van der Waals surface area (Å²) in [6.45, 7) is 1.94. The predicted octanol–water partition coefficient (Wildman–Crippen LogP) is 3.60. The number of fused-ring (bicyclic) bond motifs is 1. The van der Waals surface area contributed by atoms with Crippen LogP contribution in [-0.2, 0) is 0 Å². The van der Waals surface area contributed by atoms with Crippen molar-refractivity contribution in [3.63, 3.8) is 0 Å². The largest absolute Gasteiger partial charge is 0.496 e. The third-order valence-electron chi connectivity index (χ3n) is 2.90. The minimum Gasteiger partial charge on any atom is -0.496 e. The van der Waals surface area contributed by atoms with Crippen LogP contribution in [0, 0.1) is 6.92 Å². The lowest BCUT2D eigenvalue weighted by atomic mass is 10.2. The zero-order chi connectivity index (χ0) is 13.4. The van der Waals surface area contributed by atoms with Gasteiger partial charge >= 0.3 is 0 Å². The zero-order valence-corrected chi connectivity index (χ0v) is 11.3. The van der Waals surface area contributed by atoms with E-state index in [0.29, 0.717) is 16.4 Å². The summed E-state index contributed by atoms with van der Waals surface area (Å²) in [6.07, 6.45) is 0. The van der Waals surface area contributed by atoms with Gasteiger partial charge in [-0.3, -0.25) is 0 Å². The van der Waals surface area contributed by atoms with Crippen molar-refractivity contribution in [1.29, 1.82) is 0 Å². The molecule has 2 aromatic heterocycles. The van der Waals surface area contributed by atoms with Crippen LogP contribution in [-0.4, -0.2) is 22.1 Å². The van der Waals surface area contributed by atoms with Gasteiger partial charge in [-0.15, -0.1) is 0 Å². The molecule has 0 fully saturated rings. The fourth-order valence-corrected chi connectivity index (χ4v) is 2.14. The molecule has 1 N–H and O–H groups in total. The van der Waals surface area contributed by atoms with Gasteiger partial charge in [0, 0.05) is 10.7 Å². The maximum atomic E-state index is 5.96. The highest BCUT2D eigenvalue weighted by atomic mass is 35.5. The number of aromatic amines is 1. The van der Waals surface area contributed by atoms with Crippen LogP contribution in [0.1, 0.15) is 5.69 Å². The van der Waals surface area contributed by atoms with Crippen molar-refractivity contribution >= 4 is 22.8 Å². The molecule has 3 rings (SSSR count). The number of H-pyrrole nitrogens is 1. The number of aryl methyl sites for hydroxylation is 1. The molecule has 96 valence electrons. The van der Waals surface area contributed by atoms with Gasteiger partial charge in [-0.05, 0) is 37.3 Å². The van der Waals surface area contributed by atoms with Gasteiger partial charge in [0.15, 0.2) is 5.65 Å². The molecule has 0 amide bonds. The van der Waals surface area contributed by atoms with Crippen LogP contribution in [0.4, 0.5) is 0 Å². The van der Waals surface area contributed by atoms with Crippen molar-refractivity contribution in [3.05, 3.63) is 41.0 Å². The summed E-state index contributed by atoms with van der Waals surface area (Å²) in [4.78, 5) is 12.1. The van der Waals surface area contributed by atoms with E-state index in [9.17, 15) is 0 Å². The van der Waals surface area contributed by atoms with Gasteiger partial charge in [-0.1, -0.05) is 11.6 Å². The van der Waals surface area contributed by atoms with Crippen molar-refractivity contribution in [3.8, 4) is 17.1 Å². The van der Waals surface area contributed by atoms with Crippen molar-refractivity contribution in [2.45, 2.75) is 6.92 Å². The molecule has 0 aliphatic rings. The van der Waals surface area contributed by atoms with Crippen LogP contribution < -0.4 is 4.74 Å². The van der Waals surface area contributed by atoms with E-state index in [0.717, 1.165) is 22.6 Å². The van der Waals surface area contributed by atoms with Crippen LogP contribution >= 0.6 is 11.6 Å². The Kier molecular flexibility index (Phi) is 2.87. The first-order chi connectivity index (χ1) is 9.17. The molecular weight excluding hydrogens is 262 g/mol. The quantitative estimate of drug-likeness (QED) is 0.776. The lowest BCUT2D eigenvalue weighted by molar-refractivity contribution is 0.416. The molecule has 0 bridgehead atoms. The van der Waals surface area contributed by atoms with Gasteiger partial charge in [0.2, 0.25) is 0 Å². The lowest BCUT2D eigenvalue weighted by Gasteiger charge is -2.05. The molecular formula is C14H12ClN3O. The van der Waals surface area contributed by atoms with E-state index in [1.807, 2.05) is 31.2 Å². The maximum Gasteiger partial charge on any atom is 0.178 e. The average Bonchev–Trinajstić information content (AvgIpc) is 2.81. The van der Waals surface area contributed by atoms with Crippen LogP contribution in [0.25, 0.3) is 22.6 Å². The Morgan fingerprint density at radius 3 is 2.79 bits per heavy atom. The number of rotatable bonds is 2. The van der Waals surface area contributed by atoms with E-state index < -0.39 is 0 Å². The number of methoxy groups -OCH3 is 1. The van der Waals surface area contributed by atoms with E-state index in [4.69, 9.17) is 16.3 Å². The Balaban J connectivity index is 2.18. The highest BCUT2D eigenvalue weighted by Crippen LogP contribution is 2.31. The molecule has 4 nitrogen and oxygen atoms in total. The Labute approximate surface area is 115 Å². The SMILES string of the molecule is COc1cc(Cl)ccc1-c1nc2nc(C)ccc2[nH]1. The van der Waals surface area contributed by atoms with Crippen molar-refractivity contribution < 1.29 is 4.74 Å². The first-order valence-corrected chi connectivity index (χ1v) is 6.22. The molecule has 3 aromatic rings. The van der Waals surface area contributed by atoms with Gasteiger partial charge in [0.25, 0.3) is 0 Å². The van der Waals surface area contributed by atoms with E-state index in [1.54, 1.807) is 13.2 Å². The second kappa shape index (κ2) is 4.55. The monoisotopic (exact) mass is 273 g/mol. The normalized spacial score (nSPS) is 10.9. The molecule has 1 aromatic carbocycles. The third kappa shape index (κ3) is 2.15. The number of hydrogen-bond acceptors (Lipinski definition) is 3. The lowest BCUT2D eigenvalue weighted by Crippen LogP contribution is -1.89. The molecule has 0 unspecified atom stereocenters. The number of hydrogen-bond donors (Lipinski definition) is 1. The van der Waals surface area contributed by atoms with Gasteiger partial charge < -0.3 is 9.72 Å². The highest BCUT2D eigenvalue weighted by Gasteiger charge is 2.11. The molecule has 0 saturated carbocycles. The molecule has 0 aliphatic heterocycles. The standard InChI is InChI=1S/C14H12ClN3O/c1-8-3-6-11-14(16-8)18-13(17-11)10-5-4-9(15)7-12(10)19-2/h3-7H,1-2H3,(H,16,17,18). The fourth-order valence-electron chi connectivity index (χ4n) is 1.98. The van der Waals surface area contributed by atoms with Gasteiger partial charge in [0.1, 0.15) is 11.6 Å². The molecule has 0 atom stereocenters. The van der Waals surface area contributed by atoms with E-state index >= 15 is 0 Å². The van der Waals surface area contributed by atoms with Crippen LogP contribution in [0.3, 0.4) is 0 Å². The molecule has 0 aliphatic carbocycles. The van der Waals surface area contributed by atoms with E-state index in [-0.39, 0.29) is 0 Å². The van der Waals surface area contributed by atoms with Gasteiger partial charge in [-0.2, -0.15) is 0 Å². The Bertz CT molecular complexity index is 752. The minimum atomic E-state index is 0.630. The van der Waals surface area contributed by atoms with Crippen LogP contribution in [0.2, 0.25) is 5.02 Å². The first kappa shape index (κ1) is 12.0. The molecule has 0 saturated heterocycles. The Morgan fingerprint density at radius 1 is 1.16 bits per heavy atom. The average molecular weight is 274 g/mol. The first-order valence-electron chi connectivity index (χ1n) is 5.84. The summed E-state index contributed by atoms with van der Waals surface area (Å²) in [5, 5.41) is 0.630. The topological polar surface area (TPSA) is 50.8 Å². The number of aromatic nitrogens is 3. The molecule has 0 radical (unpaired) electrons. The number of imidazole rings is 1. The Morgan fingerprint density at radius 2 is 2.00 bits per heavy atom. The number of benzene rings is 1. The Hall–Kier alpha value is -2.07. The summed E-state index contributed by atoms with van der Waals surface area (Å²) in [5.41, 5.74) is 3.40. The summed E-state index contributed by atoms with van der Waals surface area (Å²) in [7, 11) is 1.61. The second-order valence-electron chi connectivity index (χ2n) is 4.25. The van der Waals surface area contributed by atoms with Gasteiger partial charge in [-0.25, -0.2) is 9.97 Å². The third-order valence-corrected chi connectivity index (χ3v) is 3.14.